The second kappa shape index (κ2) is 12.5. The molecule has 1 N–H and O–H groups in total. The Morgan fingerprint density at radius 3 is 2.55 bits per heavy atom. The van der Waals surface area contributed by atoms with Crippen molar-refractivity contribution in [3.63, 3.8) is 0 Å². The number of hydrogen-bond donors (Lipinski definition) is 1. The zero-order valence-corrected chi connectivity index (χ0v) is 26.4. The first-order valence-corrected chi connectivity index (χ1v) is 15.9. The Labute approximate surface area is 260 Å². The molecule has 0 saturated carbocycles. The lowest BCUT2D eigenvalue weighted by Crippen LogP contribution is -2.60. The lowest BCUT2D eigenvalue weighted by Gasteiger charge is -2.40. The number of hydrogen-bond acceptors (Lipinski definition) is 6. The van der Waals surface area contributed by atoms with E-state index in [9.17, 15) is 19.5 Å². The van der Waals surface area contributed by atoms with Crippen LogP contribution < -0.4 is 4.90 Å². The van der Waals surface area contributed by atoms with Crippen molar-refractivity contribution in [3.8, 4) is 0 Å². The number of carbonyl (C=O) groups is 3. The molecule has 0 radical (unpaired) electrons. The summed E-state index contributed by atoms with van der Waals surface area (Å²) in [6.45, 7) is 15.5. The molecule has 3 aliphatic heterocycles. The van der Waals surface area contributed by atoms with Gasteiger partial charge in [0.25, 0.3) is 5.91 Å². The van der Waals surface area contributed by atoms with E-state index in [2.05, 4.69) is 13.2 Å². The maximum absolute atomic E-state index is 15.0. The SMILES string of the molecule is C=CCCCCOC(=O)[C@@H]1[C@H]2C(=O)N([C@@H](CO)C(C)C)C(C(=O)N(CC=C)c3ccc4ccccc4c3)C23CC(C)[C@@]1(C)O3. The molecule has 2 amide bonds. The van der Waals surface area contributed by atoms with Gasteiger partial charge in [-0.2, -0.15) is 0 Å². The van der Waals surface area contributed by atoms with Crippen LogP contribution in [0.4, 0.5) is 5.69 Å². The number of rotatable bonds is 13. The number of aliphatic hydroxyl groups excluding tert-OH is 1. The molecule has 8 nitrogen and oxygen atoms in total. The lowest BCUT2D eigenvalue weighted by molar-refractivity contribution is -0.163. The molecule has 5 rings (SSSR count). The quantitative estimate of drug-likeness (QED) is 0.190. The number of anilines is 1. The van der Waals surface area contributed by atoms with Crippen molar-refractivity contribution in [2.75, 3.05) is 24.7 Å². The number of ether oxygens (including phenoxy) is 2. The molecule has 2 aromatic rings. The third kappa shape index (κ3) is 5.06. The van der Waals surface area contributed by atoms with Gasteiger partial charge in [0.1, 0.15) is 17.6 Å². The van der Waals surface area contributed by atoms with Gasteiger partial charge in [0.15, 0.2) is 0 Å². The average Bonchev–Trinajstić information content (AvgIpc) is 3.52. The Morgan fingerprint density at radius 1 is 1.16 bits per heavy atom. The van der Waals surface area contributed by atoms with Gasteiger partial charge in [0.2, 0.25) is 5.91 Å². The number of esters is 1. The van der Waals surface area contributed by atoms with Crippen molar-refractivity contribution >= 4 is 34.2 Å². The van der Waals surface area contributed by atoms with E-state index in [0.717, 1.165) is 23.6 Å². The van der Waals surface area contributed by atoms with E-state index in [1.807, 2.05) is 76.2 Å². The van der Waals surface area contributed by atoms with Crippen LogP contribution in [0.1, 0.15) is 53.4 Å². The maximum Gasteiger partial charge on any atom is 0.312 e. The smallest absolute Gasteiger partial charge is 0.312 e. The molecule has 3 saturated heterocycles. The van der Waals surface area contributed by atoms with Crippen LogP contribution in [0.2, 0.25) is 0 Å². The van der Waals surface area contributed by atoms with E-state index >= 15 is 0 Å². The molecule has 236 valence electrons. The van der Waals surface area contributed by atoms with E-state index in [0.29, 0.717) is 18.5 Å². The van der Waals surface area contributed by atoms with Crippen LogP contribution in [0.25, 0.3) is 10.8 Å². The molecule has 7 atom stereocenters. The number of amides is 2. The summed E-state index contributed by atoms with van der Waals surface area (Å²) < 4.78 is 12.6. The molecule has 3 aliphatic rings. The number of likely N-dealkylation sites (tertiary alicyclic amines) is 1. The standard InChI is InChI=1S/C36H46N2O6/c1-7-9-10-13-19-43-34(42)30-29-32(40)38(28(22-39)23(3)4)31(36(29)21-24(5)35(30,6)44-36)33(41)37(18-8-2)27-17-16-25-14-11-12-15-26(25)20-27/h7-8,11-12,14-17,20,23-24,28-31,39H,1-2,9-10,13,18-19,21-22H2,3-6H3/t24?,28-,29-,30-,31?,35+,36?/m0/s1. The topological polar surface area (TPSA) is 96.4 Å². The average molecular weight is 603 g/mol. The summed E-state index contributed by atoms with van der Waals surface area (Å²) >= 11 is 0. The molecule has 0 aliphatic carbocycles. The van der Waals surface area contributed by atoms with Crippen molar-refractivity contribution in [2.45, 2.75) is 76.7 Å². The van der Waals surface area contributed by atoms with Crippen molar-refractivity contribution in [1.29, 1.82) is 0 Å². The summed E-state index contributed by atoms with van der Waals surface area (Å²) in [4.78, 5) is 46.5. The molecule has 2 bridgehead atoms. The Morgan fingerprint density at radius 2 is 1.89 bits per heavy atom. The zero-order valence-electron chi connectivity index (χ0n) is 26.4. The fraction of sp³-hybridized carbons (Fsp3) is 0.528. The number of unbranched alkanes of at least 4 members (excludes halogenated alkanes) is 2. The van der Waals surface area contributed by atoms with Gasteiger partial charge in [-0.05, 0) is 67.3 Å². The van der Waals surface area contributed by atoms with Crippen LogP contribution in [0.15, 0.2) is 67.8 Å². The van der Waals surface area contributed by atoms with Crippen LogP contribution in [0, 0.1) is 23.7 Å². The highest BCUT2D eigenvalue weighted by molar-refractivity contribution is 6.06. The lowest BCUT2D eigenvalue weighted by atomic mass is 9.62. The molecule has 2 aromatic carbocycles. The Kier molecular flexibility index (Phi) is 9.06. The molecule has 1 spiro atoms. The van der Waals surface area contributed by atoms with Crippen molar-refractivity contribution in [2.24, 2.45) is 23.7 Å². The number of allylic oxidation sites excluding steroid dienone is 1. The predicted molar refractivity (Wildman–Crippen MR) is 171 cm³/mol. The molecular weight excluding hydrogens is 556 g/mol. The maximum atomic E-state index is 15.0. The molecule has 3 unspecified atom stereocenters. The van der Waals surface area contributed by atoms with Gasteiger partial charge >= 0.3 is 5.97 Å². The van der Waals surface area contributed by atoms with Crippen molar-refractivity contribution < 1.29 is 29.0 Å². The van der Waals surface area contributed by atoms with Crippen LogP contribution in [0.5, 0.6) is 0 Å². The number of benzene rings is 2. The summed E-state index contributed by atoms with van der Waals surface area (Å²) in [6, 6.07) is 12.1. The number of fused-ring (bicyclic) bond motifs is 2. The van der Waals surface area contributed by atoms with Crippen LogP contribution in [-0.2, 0) is 23.9 Å². The van der Waals surface area contributed by atoms with Gasteiger partial charge in [-0.1, -0.05) is 63.3 Å². The largest absolute Gasteiger partial charge is 0.465 e. The Bertz CT molecular complexity index is 1440. The normalized spacial score (nSPS) is 29.6. The molecular formula is C36H46N2O6. The van der Waals surface area contributed by atoms with Gasteiger partial charge in [-0.3, -0.25) is 14.4 Å². The highest BCUT2D eigenvalue weighted by Gasteiger charge is 2.81. The number of nitrogens with zero attached hydrogens (tertiary/aromatic N) is 2. The molecule has 44 heavy (non-hydrogen) atoms. The number of aliphatic hydroxyl groups is 1. The second-order valence-corrected chi connectivity index (χ2v) is 13.2. The van der Waals surface area contributed by atoms with Gasteiger partial charge in [-0.25, -0.2) is 0 Å². The summed E-state index contributed by atoms with van der Waals surface area (Å²) in [5, 5.41) is 12.6. The van der Waals surface area contributed by atoms with E-state index < -0.39 is 41.1 Å². The summed E-state index contributed by atoms with van der Waals surface area (Å²) in [5.74, 6) is -3.13. The highest BCUT2D eigenvalue weighted by atomic mass is 16.6. The van der Waals surface area contributed by atoms with Gasteiger partial charge in [0.05, 0.1) is 30.8 Å². The third-order valence-electron chi connectivity index (χ3n) is 10.2. The minimum atomic E-state index is -1.24. The van der Waals surface area contributed by atoms with Gasteiger partial charge < -0.3 is 24.4 Å². The minimum Gasteiger partial charge on any atom is -0.465 e. The van der Waals surface area contributed by atoms with Gasteiger partial charge in [-0.15, -0.1) is 13.2 Å². The summed E-state index contributed by atoms with van der Waals surface area (Å²) in [6.07, 6.45) is 6.31. The molecule has 8 heteroatoms. The van der Waals surface area contributed by atoms with Crippen molar-refractivity contribution in [3.05, 3.63) is 67.8 Å². The molecule has 3 heterocycles. The monoisotopic (exact) mass is 602 g/mol. The van der Waals surface area contributed by atoms with E-state index in [-0.39, 0.29) is 43.4 Å². The minimum absolute atomic E-state index is 0.111. The third-order valence-corrected chi connectivity index (χ3v) is 10.2. The molecule has 0 aromatic heterocycles. The van der Waals surface area contributed by atoms with Gasteiger partial charge in [0, 0.05) is 12.2 Å². The molecule has 3 fully saturated rings. The van der Waals surface area contributed by atoms with Crippen molar-refractivity contribution in [1.82, 2.24) is 4.90 Å². The fourth-order valence-corrected chi connectivity index (χ4v) is 7.89. The second-order valence-electron chi connectivity index (χ2n) is 13.2. The highest BCUT2D eigenvalue weighted by Crippen LogP contribution is 2.66. The first kappa shape index (κ1) is 31.9. The Balaban J connectivity index is 1.58. The first-order chi connectivity index (χ1) is 21.0. The summed E-state index contributed by atoms with van der Waals surface area (Å²) in [7, 11) is 0. The van der Waals surface area contributed by atoms with Crippen LogP contribution in [-0.4, -0.2) is 70.8 Å². The Hall–Kier alpha value is -3.49. The van der Waals surface area contributed by atoms with E-state index in [1.54, 1.807) is 11.0 Å². The van der Waals surface area contributed by atoms with Crippen LogP contribution in [0.3, 0.4) is 0 Å². The van der Waals surface area contributed by atoms with E-state index in [1.165, 1.54) is 4.90 Å². The fourth-order valence-electron chi connectivity index (χ4n) is 7.89. The first-order valence-electron chi connectivity index (χ1n) is 15.9. The zero-order chi connectivity index (χ0) is 31.8. The summed E-state index contributed by atoms with van der Waals surface area (Å²) in [5.41, 5.74) is -1.54. The van der Waals surface area contributed by atoms with Crippen LogP contribution >= 0.6 is 0 Å². The van der Waals surface area contributed by atoms with E-state index in [4.69, 9.17) is 9.47 Å². The predicted octanol–water partition coefficient (Wildman–Crippen LogP) is 5.29. The number of carbonyl (C=O) groups excluding carboxylic acids is 3.